The van der Waals surface area contributed by atoms with Crippen molar-refractivity contribution in [2.45, 2.75) is 38.7 Å². The van der Waals surface area contributed by atoms with Gasteiger partial charge in [-0.15, -0.1) is 0 Å². The first-order valence-electron chi connectivity index (χ1n) is 8.63. The summed E-state index contributed by atoms with van der Waals surface area (Å²) in [5.74, 6) is -0.294. The van der Waals surface area contributed by atoms with Crippen molar-refractivity contribution in [1.82, 2.24) is 9.97 Å². The quantitative estimate of drug-likeness (QED) is 0.591. The summed E-state index contributed by atoms with van der Waals surface area (Å²) in [4.78, 5) is 7.58. The minimum Gasteiger partial charge on any atom is -0.491 e. The molecule has 2 aromatic heterocycles. The number of nitrogens with two attached hydrogens (primary N) is 1. The number of aromatic nitrogens is 2. The number of alkyl halides is 5. The van der Waals surface area contributed by atoms with Crippen LogP contribution in [0.15, 0.2) is 30.6 Å². The zero-order valence-electron chi connectivity index (χ0n) is 15.5. The first kappa shape index (κ1) is 22.0. The summed E-state index contributed by atoms with van der Waals surface area (Å²) < 4.78 is 70.8. The van der Waals surface area contributed by atoms with Crippen molar-refractivity contribution < 1.29 is 26.7 Å². The molecule has 0 amide bonds. The summed E-state index contributed by atoms with van der Waals surface area (Å²) in [6.45, 7) is 2.68. The van der Waals surface area contributed by atoms with Crippen molar-refractivity contribution in [2.75, 3.05) is 13.3 Å². The number of hydrogen-bond donors (Lipinski definition) is 1. The molecule has 2 aromatic rings. The molecular weight excluding hydrogens is 381 g/mol. The van der Waals surface area contributed by atoms with Crippen LogP contribution in [0.2, 0.25) is 0 Å². The number of ether oxygens (including phenoxy) is 1. The maximum Gasteiger partial charge on any atom is 0.280 e. The Morgan fingerprint density at radius 2 is 1.86 bits per heavy atom. The lowest BCUT2D eigenvalue weighted by atomic mass is 9.92. The lowest BCUT2D eigenvalue weighted by molar-refractivity contribution is 0.141. The maximum atomic E-state index is 13.5. The van der Waals surface area contributed by atoms with E-state index in [1.165, 1.54) is 12.3 Å². The van der Waals surface area contributed by atoms with E-state index in [1.54, 1.807) is 13.8 Å². The smallest absolute Gasteiger partial charge is 0.280 e. The number of nitrogens with zero attached hydrogens (tertiary/aromatic N) is 2. The minimum absolute atomic E-state index is 0.0539. The van der Waals surface area contributed by atoms with Crippen LogP contribution in [-0.2, 0) is 0 Å². The molecule has 0 saturated heterocycles. The van der Waals surface area contributed by atoms with Gasteiger partial charge in [0.05, 0.1) is 24.1 Å². The van der Waals surface area contributed by atoms with Gasteiger partial charge in [0.1, 0.15) is 18.1 Å². The molecule has 0 aliphatic carbocycles. The predicted molar refractivity (Wildman–Crippen MR) is 95.2 cm³/mol. The standard InChI is InChI=1S/C19H22F5N3O/c1-11(7-19(2,25)10-20)9-28-16-8-27-14(6-13(16)17(21)22)12-3-4-26-15(5-12)18(23)24/h3-6,8,11,17-18H,7,9-10,25H2,1-2H3. The van der Waals surface area contributed by atoms with Gasteiger partial charge in [0.25, 0.3) is 12.9 Å². The van der Waals surface area contributed by atoms with Crippen LogP contribution in [0.5, 0.6) is 5.75 Å². The second-order valence-corrected chi connectivity index (χ2v) is 7.09. The molecule has 0 aliphatic heterocycles. The lowest BCUT2D eigenvalue weighted by Crippen LogP contribution is -2.41. The van der Waals surface area contributed by atoms with Crippen molar-refractivity contribution >= 4 is 0 Å². The molecular formula is C19H22F5N3O. The van der Waals surface area contributed by atoms with Crippen LogP contribution in [0.25, 0.3) is 11.3 Å². The zero-order chi connectivity index (χ0) is 20.9. The highest BCUT2D eigenvalue weighted by molar-refractivity contribution is 5.61. The fourth-order valence-corrected chi connectivity index (χ4v) is 2.78. The monoisotopic (exact) mass is 403 g/mol. The number of pyridine rings is 2. The van der Waals surface area contributed by atoms with Crippen molar-refractivity contribution in [3.8, 4) is 17.0 Å². The molecule has 2 unspecified atom stereocenters. The van der Waals surface area contributed by atoms with Crippen molar-refractivity contribution in [3.63, 3.8) is 0 Å². The normalized spacial score (nSPS) is 14.9. The molecule has 28 heavy (non-hydrogen) atoms. The Balaban J connectivity index is 2.20. The third kappa shape index (κ3) is 5.85. The van der Waals surface area contributed by atoms with Crippen LogP contribution in [-0.4, -0.2) is 28.8 Å². The Bertz CT molecular complexity index is 786. The Kier molecular flexibility index (Phi) is 7.29. The van der Waals surface area contributed by atoms with E-state index in [-0.39, 0.29) is 29.5 Å². The maximum absolute atomic E-state index is 13.5. The van der Waals surface area contributed by atoms with Crippen LogP contribution in [0.4, 0.5) is 22.0 Å². The Morgan fingerprint density at radius 3 is 2.46 bits per heavy atom. The molecule has 154 valence electrons. The second-order valence-electron chi connectivity index (χ2n) is 7.09. The van der Waals surface area contributed by atoms with Gasteiger partial charge in [-0.25, -0.2) is 22.0 Å². The molecule has 4 nitrogen and oxygen atoms in total. The van der Waals surface area contributed by atoms with Gasteiger partial charge in [0.2, 0.25) is 0 Å². The third-order valence-electron chi connectivity index (χ3n) is 4.08. The van der Waals surface area contributed by atoms with Crippen LogP contribution >= 0.6 is 0 Å². The molecule has 9 heteroatoms. The number of rotatable bonds is 9. The van der Waals surface area contributed by atoms with Gasteiger partial charge in [-0.3, -0.25) is 9.97 Å². The van der Waals surface area contributed by atoms with Crippen molar-refractivity contribution in [2.24, 2.45) is 11.7 Å². The summed E-state index contributed by atoms with van der Waals surface area (Å²) >= 11 is 0. The number of hydrogen-bond acceptors (Lipinski definition) is 4. The Labute approximate surface area is 159 Å². The van der Waals surface area contributed by atoms with Crippen LogP contribution in [0.1, 0.15) is 44.4 Å². The Morgan fingerprint density at radius 1 is 1.14 bits per heavy atom. The Hall–Kier alpha value is -2.29. The minimum atomic E-state index is -2.85. The van der Waals surface area contributed by atoms with E-state index in [4.69, 9.17) is 10.5 Å². The van der Waals surface area contributed by atoms with Crippen molar-refractivity contribution in [3.05, 3.63) is 41.9 Å². The van der Waals surface area contributed by atoms with E-state index in [1.807, 2.05) is 0 Å². The largest absolute Gasteiger partial charge is 0.491 e. The van der Waals surface area contributed by atoms with Gasteiger partial charge in [-0.1, -0.05) is 6.92 Å². The highest BCUT2D eigenvalue weighted by Crippen LogP contribution is 2.33. The number of halogens is 5. The first-order valence-corrected chi connectivity index (χ1v) is 8.63. The van der Waals surface area contributed by atoms with Gasteiger partial charge in [-0.2, -0.15) is 0 Å². The molecule has 0 radical (unpaired) electrons. The second kappa shape index (κ2) is 9.27. The molecule has 0 saturated carbocycles. The fraction of sp³-hybridized carbons (Fsp3) is 0.474. The molecule has 0 fully saturated rings. The third-order valence-corrected chi connectivity index (χ3v) is 4.08. The highest BCUT2D eigenvalue weighted by atomic mass is 19.3. The summed E-state index contributed by atoms with van der Waals surface area (Å²) in [6, 6.07) is 3.61. The predicted octanol–water partition coefficient (Wildman–Crippen LogP) is 5.11. The SMILES string of the molecule is CC(COc1cnc(-c2ccnc(C(F)F)c2)cc1C(F)F)CC(C)(N)CF. The molecule has 0 spiro atoms. The molecule has 2 atom stereocenters. The van der Waals surface area contributed by atoms with Crippen LogP contribution < -0.4 is 10.5 Å². The van der Waals surface area contributed by atoms with E-state index in [2.05, 4.69) is 9.97 Å². The van der Waals surface area contributed by atoms with E-state index < -0.39 is 36.3 Å². The van der Waals surface area contributed by atoms with Gasteiger partial charge >= 0.3 is 0 Å². The highest BCUT2D eigenvalue weighted by Gasteiger charge is 2.23. The van der Waals surface area contributed by atoms with E-state index in [0.29, 0.717) is 6.42 Å². The fourth-order valence-electron chi connectivity index (χ4n) is 2.78. The van der Waals surface area contributed by atoms with E-state index in [9.17, 15) is 22.0 Å². The molecule has 2 heterocycles. The van der Waals surface area contributed by atoms with Crippen molar-refractivity contribution in [1.29, 1.82) is 0 Å². The molecule has 2 rings (SSSR count). The average molecular weight is 403 g/mol. The average Bonchev–Trinajstić information content (AvgIpc) is 2.66. The summed E-state index contributed by atoms with van der Waals surface area (Å²) in [6.07, 6.45) is -3.03. The topological polar surface area (TPSA) is 61.0 Å². The zero-order valence-corrected chi connectivity index (χ0v) is 15.5. The van der Waals surface area contributed by atoms with Gasteiger partial charge in [0, 0.05) is 17.3 Å². The molecule has 0 aromatic carbocycles. The van der Waals surface area contributed by atoms with Gasteiger partial charge in [0.15, 0.2) is 0 Å². The van der Waals surface area contributed by atoms with E-state index >= 15 is 0 Å². The summed E-state index contributed by atoms with van der Waals surface area (Å²) in [5.41, 5.74) is 4.22. The summed E-state index contributed by atoms with van der Waals surface area (Å²) in [7, 11) is 0. The first-order chi connectivity index (χ1) is 13.1. The molecule has 0 bridgehead atoms. The van der Waals surface area contributed by atoms with Gasteiger partial charge in [-0.05, 0) is 37.5 Å². The molecule has 0 aliphatic rings. The van der Waals surface area contributed by atoms with Gasteiger partial charge < -0.3 is 10.5 Å². The molecule has 2 N–H and O–H groups in total. The van der Waals surface area contributed by atoms with Crippen LogP contribution in [0.3, 0.4) is 0 Å². The van der Waals surface area contributed by atoms with Crippen LogP contribution in [0, 0.1) is 5.92 Å². The van der Waals surface area contributed by atoms with E-state index in [0.717, 1.165) is 18.3 Å². The lowest BCUT2D eigenvalue weighted by Gasteiger charge is -2.25. The summed E-state index contributed by atoms with van der Waals surface area (Å²) in [5, 5.41) is 0.